The topological polar surface area (TPSA) is 63.2 Å². The molecule has 0 bridgehead atoms. The third kappa shape index (κ3) is 4.80. The first kappa shape index (κ1) is 17.9. The second kappa shape index (κ2) is 8.44. The number of amides is 1. The zero-order chi connectivity index (χ0) is 18.4. The first-order valence-electron chi connectivity index (χ1n) is 7.99. The van der Waals surface area contributed by atoms with E-state index in [1.165, 1.54) is 23.5 Å². The van der Waals surface area contributed by atoms with Crippen LogP contribution in [0.25, 0.3) is 0 Å². The van der Waals surface area contributed by atoms with Crippen LogP contribution in [0.1, 0.15) is 11.3 Å². The fourth-order valence-corrected chi connectivity index (χ4v) is 3.10. The van der Waals surface area contributed by atoms with E-state index in [2.05, 4.69) is 15.6 Å². The van der Waals surface area contributed by atoms with E-state index in [-0.39, 0.29) is 18.1 Å². The van der Waals surface area contributed by atoms with Crippen molar-refractivity contribution in [3.05, 3.63) is 71.0 Å². The van der Waals surface area contributed by atoms with Crippen LogP contribution in [-0.2, 0) is 17.8 Å². The van der Waals surface area contributed by atoms with Gasteiger partial charge in [-0.1, -0.05) is 18.2 Å². The summed E-state index contributed by atoms with van der Waals surface area (Å²) >= 11 is 1.40. The second-order valence-corrected chi connectivity index (χ2v) is 6.40. The van der Waals surface area contributed by atoms with Crippen LogP contribution < -0.4 is 15.4 Å². The van der Waals surface area contributed by atoms with Crippen LogP contribution in [0.3, 0.4) is 0 Å². The number of hydrogen-bond donors (Lipinski definition) is 2. The fourth-order valence-electron chi connectivity index (χ4n) is 2.37. The van der Waals surface area contributed by atoms with Crippen molar-refractivity contribution in [2.24, 2.45) is 0 Å². The van der Waals surface area contributed by atoms with E-state index in [4.69, 9.17) is 4.74 Å². The van der Waals surface area contributed by atoms with Gasteiger partial charge in [0.1, 0.15) is 11.6 Å². The Morgan fingerprint density at radius 2 is 1.96 bits per heavy atom. The predicted octanol–water partition coefficient (Wildman–Crippen LogP) is 3.89. The Hall–Kier alpha value is -2.93. The quantitative estimate of drug-likeness (QED) is 0.661. The van der Waals surface area contributed by atoms with Gasteiger partial charge in [-0.05, 0) is 30.3 Å². The first-order valence-corrected chi connectivity index (χ1v) is 8.87. The number of hydrogen-bond acceptors (Lipinski definition) is 5. The number of thiazole rings is 1. The number of benzene rings is 2. The van der Waals surface area contributed by atoms with Crippen LogP contribution in [0.5, 0.6) is 5.75 Å². The predicted molar refractivity (Wildman–Crippen MR) is 100 cm³/mol. The minimum atomic E-state index is -0.290. The average Bonchev–Trinajstić information content (AvgIpc) is 3.09. The van der Waals surface area contributed by atoms with Crippen molar-refractivity contribution in [3.8, 4) is 5.75 Å². The minimum absolute atomic E-state index is 0.116. The number of halogens is 1. The molecule has 0 unspecified atom stereocenters. The molecule has 3 aromatic rings. The molecule has 26 heavy (non-hydrogen) atoms. The Balaban J connectivity index is 1.53. The van der Waals surface area contributed by atoms with Gasteiger partial charge in [0, 0.05) is 23.2 Å². The van der Waals surface area contributed by atoms with Gasteiger partial charge in [-0.25, -0.2) is 9.37 Å². The highest BCUT2D eigenvalue weighted by Crippen LogP contribution is 2.21. The van der Waals surface area contributed by atoms with Crippen LogP contribution >= 0.6 is 11.3 Å². The molecule has 0 fully saturated rings. The smallest absolute Gasteiger partial charge is 0.226 e. The molecule has 0 spiro atoms. The van der Waals surface area contributed by atoms with Crippen molar-refractivity contribution in [3.63, 3.8) is 0 Å². The molecule has 0 saturated heterocycles. The van der Waals surface area contributed by atoms with Gasteiger partial charge in [0.2, 0.25) is 5.91 Å². The molecule has 0 aliphatic carbocycles. The lowest BCUT2D eigenvalue weighted by atomic mass is 10.2. The van der Waals surface area contributed by atoms with Gasteiger partial charge < -0.3 is 15.4 Å². The first-order chi connectivity index (χ1) is 12.6. The summed E-state index contributed by atoms with van der Waals surface area (Å²) in [7, 11) is 1.60. The Morgan fingerprint density at radius 3 is 2.73 bits per heavy atom. The van der Waals surface area contributed by atoms with E-state index in [0.717, 1.165) is 17.0 Å². The Labute approximate surface area is 154 Å². The number of carbonyl (C=O) groups is 1. The van der Waals surface area contributed by atoms with E-state index in [9.17, 15) is 9.18 Å². The molecule has 2 N–H and O–H groups in total. The van der Waals surface area contributed by atoms with Crippen molar-refractivity contribution in [2.45, 2.75) is 13.0 Å². The van der Waals surface area contributed by atoms with Gasteiger partial charge in [0.05, 0.1) is 19.2 Å². The van der Waals surface area contributed by atoms with Crippen molar-refractivity contribution in [2.75, 3.05) is 12.4 Å². The average molecular weight is 371 g/mol. The molecule has 134 valence electrons. The third-order valence-corrected chi connectivity index (χ3v) is 4.46. The van der Waals surface area contributed by atoms with Crippen LogP contribution in [0.15, 0.2) is 53.9 Å². The van der Waals surface area contributed by atoms with E-state index in [0.29, 0.717) is 17.4 Å². The summed E-state index contributed by atoms with van der Waals surface area (Å²) < 4.78 is 18.2. The zero-order valence-corrected chi connectivity index (χ0v) is 15.0. The van der Waals surface area contributed by atoms with Gasteiger partial charge in [-0.2, -0.15) is 0 Å². The summed E-state index contributed by atoms with van der Waals surface area (Å²) in [5, 5.41) is 8.45. The largest absolute Gasteiger partial charge is 0.496 e. The number of aromatic nitrogens is 1. The summed E-state index contributed by atoms with van der Waals surface area (Å²) in [6.07, 6.45) is 0.191. The van der Waals surface area contributed by atoms with Crippen molar-refractivity contribution < 1.29 is 13.9 Å². The Bertz CT molecular complexity index is 881. The van der Waals surface area contributed by atoms with Gasteiger partial charge in [0.15, 0.2) is 5.13 Å². The van der Waals surface area contributed by atoms with Gasteiger partial charge >= 0.3 is 0 Å². The highest BCUT2D eigenvalue weighted by Gasteiger charge is 2.09. The number of anilines is 2. The molecular formula is C19H18FN3O2S. The van der Waals surface area contributed by atoms with Crippen molar-refractivity contribution >= 4 is 28.1 Å². The van der Waals surface area contributed by atoms with Crippen LogP contribution in [0.4, 0.5) is 15.2 Å². The van der Waals surface area contributed by atoms with Gasteiger partial charge in [-0.15, -0.1) is 11.3 Å². The van der Waals surface area contributed by atoms with Crippen molar-refractivity contribution in [1.82, 2.24) is 10.3 Å². The molecule has 0 saturated carbocycles. The SMILES string of the molecule is COc1ccccc1CNC(=O)Cc1csc(Nc2ccc(F)cc2)n1. The maximum atomic E-state index is 12.9. The number of methoxy groups -OCH3 is 1. The van der Waals surface area contributed by atoms with Crippen LogP contribution in [0.2, 0.25) is 0 Å². The van der Waals surface area contributed by atoms with E-state index >= 15 is 0 Å². The number of rotatable bonds is 7. The monoisotopic (exact) mass is 371 g/mol. The highest BCUT2D eigenvalue weighted by atomic mass is 32.1. The molecule has 5 nitrogen and oxygen atoms in total. The number of para-hydroxylation sites is 1. The molecule has 1 heterocycles. The molecule has 1 amide bonds. The number of nitrogens with zero attached hydrogens (tertiary/aromatic N) is 1. The maximum Gasteiger partial charge on any atom is 0.226 e. The Kier molecular flexibility index (Phi) is 5.80. The van der Waals surface area contributed by atoms with Gasteiger partial charge in [0.25, 0.3) is 0 Å². The Morgan fingerprint density at radius 1 is 1.19 bits per heavy atom. The van der Waals surface area contributed by atoms with Crippen LogP contribution in [-0.4, -0.2) is 18.0 Å². The van der Waals surface area contributed by atoms with E-state index in [1.54, 1.807) is 19.2 Å². The summed E-state index contributed by atoms with van der Waals surface area (Å²) in [4.78, 5) is 16.5. The minimum Gasteiger partial charge on any atom is -0.496 e. The summed E-state index contributed by atoms with van der Waals surface area (Å²) in [6, 6.07) is 13.6. The normalized spacial score (nSPS) is 10.4. The summed E-state index contributed by atoms with van der Waals surface area (Å²) in [6.45, 7) is 0.396. The lowest BCUT2D eigenvalue weighted by Crippen LogP contribution is -2.24. The third-order valence-electron chi connectivity index (χ3n) is 3.66. The number of nitrogens with one attached hydrogen (secondary N) is 2. The zero-order valence-electron chi connectivity index (χ0n) is 14.2. The maximum absolute atomic E-state index is 12.9. The lowest BCUT2D eigenvalue weighted by molar-refractivity contribution is -0.120. The molecule has 0 radical (unpaired) electrons. The van der Waals surface area contributed by atoms with Gasteiger partial charge in [-0.3, -0.25) is 4.79 Å². The summed E-state index contributed by atoms with van der Waals surface area (Å²) in [5.74, 6) is 0.337. The van der Waals surface area contributed by atoms with Crippen molar-refractivity contribution in [1.29, 1.82) is 0 Å². The van der Waals surface area contributed by atoms with Crippen LogP contribution in [0, 0.1) is 5.82 Å². The second-order valence-electron chi connectivity index (χ2n) is 5.54. The molecule has 0 aliphatic heterocycles. The molecule has 2 aromatic carbocycles. The molecule has 3 rings (SSSR count). The number of ether oxygens (including phenoxy) is 1. The standard InChI is InChI=1S/C19H18FN3O2S/c1-25-17-5-3-2-4-13(17)11-21-18(24)10-16-12-26-19(23-16)22-15-8-6-14(20)7-9-15/h2-9,12H,10-11H2,1H3,(H,21,24)(H,22,23). The molecule has 0 atom stereocenters. The number of carbonyl (C=O) groups excluding carboxylic acids is 1. The lowest BCUT2D eigenvalue weighted by Gasteiger charge is -2.09. The summed E-state index contributed by atoms with van der Waals surface area (Å²) in [5.41, 5.74) is 2.34. The molecular weight excluding hydrogens is 353 g/mol. The highest BCUT2D eigenvalue weighted by molar-refractivity contribution is 7.13. The molecule has 1 aromatic heterocycles. The van der Waals surface area contributed by atoms with E-state index in [1.807, 2.05) is 29.6 Å². The fraction of sp³-hybridized carbons (Fsp3) is 0.158. The molecule has 0 aliphatic rings. The van der Waals surface area contributed by atoms with E-state index < -0.39 is 0 Å². The molecule has 7 heteroatoms.